The summed E-state index contributed by atoms with van der Waals surface area (Å²) in [5.41, 5.74) is 0. The summed E-state index contributed by atoms with van der Waals surface area (Å²) in [6.07, 6.45) is 2.57. The van der Waals surface area contributed by atoms with Crippen LogP contribution in [-0.4, -0.2) is 63.2 Å². The van der Waals surface area contributed by atoms with Gasteiger partial charge in [0.15, 0.2) is 0 Å². The Morgan fingerprint density at radius 1 is 1.11 bits per heavy atom. The van der Waals surface area contributed by atoms with Crippen LogP contribution in [0.3, 0.4) is 0 Å². The zero-order chi connectivity index (χ0) is 20.1. The third-order valence-corrected chi connectivity index (χ3v) is 6.29. The first-order chi connectivity index (χ1) is 13.5. The summed E-state index contributed by atoms with van der Waals surface area (Å²) in [5, 5.41) is 0. The lowest BCUT2D eigenvalue weighted by molar-refractivity contribution is 0.123. The van der Waals surface area contributed by atoms with Crippen LogP contribution >= 0.6 is 0 Å². The molecular weight excluding hydrogens is 386 g/mol. The van der Waals surface area contributed by atoms with Crippen molar-refractivity contribution in [3.8, 4) is 23.4 Å². The lowest BCUT2D eigenvalue weighted by atomic mass is 10.1. The molecule has 2 heterocycles. The summed E-state index contributed by atoms with van der Waals surface area (Å²) in [6, 6.07) is 6.51. The normalized spacial score (nSPS) is 17.8. The van der Waals surface area contributed by atoms with Gasteiger partial charge in [0, 0.05) is 24.9 Å². The van der Waals surface area contributed by atoms with Gasteiger partial charge >= 0.3 is 6.01 Å². The Morgan fingerprint density at radius 2 is 1.93 bits per heavy atom. The van der Waals surface area contributed by atoms with E-state index in [9.17, 15) is 8.42 Å². The van der Waals surface area contributed by atoms with Gasteiger partial charge in [-0.05, 0) is 25.0 Å². The van der Waals surface area contributed by atoms with E-state index in [0.717, 1.165) is 0 Å². The van der Waals surface area contributed by atoms with Crippen molar-refractivity contribution < 1.29 is 27.4 Å². The number of nitrogens with zero attached hydrogens (tertiary/aromatic N) is 3. The lowest BCUT2D eigenvalue weighted by Crippen LogP contribution is -2.44. The first kappa shape index (κ1) is 20.2. The molecule has 0 saturated carbocycles. The second-order valence-corrected chi connectivity index (χ2v) is 8.05. The van der Waals surface area contributed by atoms with Gasteiger partial charge in [-0.15, -0.1) is 0 Å². The lowest BCUT2D eigenvalue weighted by Gasteiger charge is -2.32. The molecule has 1 aliphatic rings. The fourth-order valence-electron chi connectivity index (χ4n) is 3.00. The molecule has 10 heteroatoms. The van der Waals surface area contributed by atoms with Crippen LogP contribution in [0.25, 0.3) is 0 Å². The van der Waals surface area contributed by atoms with E-state index in [0.29, 0.717) is 31.0 Å². The summed E-state index contributed by atoms with van der Waals surface area (Å²) < 4.78 is 49.1. The third kappa shape index (κ3) is 4.28. The second kappa shape index (κ2) is 8.61. The molecule has 3 rings (SSSR count). The first-order valence-electron chi connectivity index (χ1n) is 8.73. The summed E-state index contributed by atoms with van der Waals surface area (Å²) in [6.45, 7) is 0.602. The molecule has 28 heavy (non-hydrogen) atoms. The minimum Gasteiger partial charge on any atom is -0.497 e. The molecule has 1 aromatic carbocycles. The Morgan fingerprint density at radius 3 is 2.64 bits per heavy atom. The van der Waals surface area contributed by atoms with Crippen LogP contribution in [-0.2, 0) is 10.0 Å². The van der Waals surface area contributed by atoms with Crippen molar-refractivity contribution in [3.63, 3.8) is 0 Å². The number of ether oxygens (including phenoxy) is 4. The van der Waals surface area contributed by atoms with E-state index in [1.807, 2.05) is 0 Å². The van der Waals surface area contributed by atoms with Crippen LogP contribution in [0.1, 0.15) is 12.8 Å². The highest BCUT2D eigenvalue weighted by Gasteiger charge is 2.33. The maximum Gasteiger partial charge on any atom is 0.319 e. The van der Waals surface area contributed by atoms with Crippen molar-refractivity contribution in [1.82, 2.24) is 14.3 Å². The average molecular weight is 409 g/mol. The van der Waals surface area contributed by atoms with Crippen LogP contribution in [0.2, 0.25) is 0 Å². The minimum atomic E-state index is -3.78. The van der Waals surface area contributed by atoms with Crippen molar-refractivity contribution in [3.05, 3.63) is 30.5 Å². The van der Waals surface area contributed by atoms with Crippen LogP contribution in [0.15, 0.2) is 35.4 Å². The van der Waals surface area contributed by atoms with E-state index in [2.05, 4.69) is 9.97 Å². The van der Waals surface area contributed by atoms with Gasteiger partial charge in [0.05, 0.1) is 27.9 Å². The average Bonchev–Trinajstić information content (AvgIpc) is 2.73. The number of benzene rings is 1. The van der Waals surface area contributed by atoms with Gasteiger partial charge in [0.2, 0.25) is 15.9 Å². The van der Waals surface area contributed by atoms with Crippen molar-refractivity contribution in [2.45, 2.75) is 23.8 Å². The van der Waals surface area contributed by atoms with Gasteiger partial charge in [0.1, 0.15) is 22.5 Å². The molecule has 0 aliphatic carbocycles. The smallest absolute Gasteiger partial charge is 0.319 e. The van der Waals surface area contributed by atoms with Gasteiger partial charge in [-0.3, -0.25) is 0 Å². The number of methoxy groups -OCH3 is 3. The van der Waals surface area contributed by atoms with Gasteiger partial charge in [-0.1, -0.05) is 0 Å². The molecule has 1 aliphatic heterocycles. The molecule has 9 nitrogen and oxygen atoms in total. The maximum absolute atomic E-state index is 13.2. The van der Waals surface area contributed by atoms with Crippen molar-refractivity contribution in [2.75, 3.05) is 34.4 Å². The summed E-state index contributed by atoms with van der Waals surface area (Å²) >= 11 is 0. The molecule has 1 fully saturated rings. The third-order valence-electron chi connectivity index (χ3n) is 4.41. The highest BCUT2D eigenvalue weighted by atomic mass is 32.2. The number of aromatic nitrogens is 2. The van der Waals surface area contributed by atoms with Crippen LogP contribution < -0.4 is 18.9 Å². The molecule has 0 radical (unpaired) electrons. The second-order valence-electron chi connectivity index (χ2n) is 6.14. The van der Waals surface area contributed by atoms with Crippen LogP contribution in [0.5, 0.6) is 23.4 Å². The number of hydrogen-bond acceptors (Lipinski definition) is 8. The van der Waals surface area contributed by atoms with Crippen molar-refractivity contribution >= 4 is 10.0 Å². The number of piperidine rings is 1. The topological polar surface area (TPSA) is 100 Å². The molecule has 0 spiro atoms. The Balaban J connectivity index is 1.81. The highest BCUT2D eigenvalue weighted by molar-refractivity contribution is 7.89. The zero-order valence-corrected chi connectivity index (χ0v) is 16.8. The first-order valence-corrected chi connectivity index (χ1v) is 10.2. The molecule has 0 amide bonds. The van der Waals surface area contributed by atoms with E-state index in [1.165, 1.54) is 37.9 Å². The predicted molar refractivity (Wildman–Crippen MR) is 101 cm³/mol. The summed E-state index contributed by atoms with van der Waals surface area (Å²) in [5.74, 6) is 1.05. The van der Waals surface area contributed by atoms with Gasteiger partial charge < -0.3 is 18.9 Å². The fourth-order valence-corrected chi connectivity index (χ4v) is 4.68. The standard InChI is InChI=1S/C18H23N3O6S/c1-24-13-6-7-15(25-2)16(11-13)28(22,23)21-10-4-5-14(12-21)27-17-8-9-19-18(20-17)26-3/h6-9,11,14H,4-5,10,12H2,1-3H3. The molecule has 2 aromatic rings. The molecule has 1 saturated heterocycles. The number of sulfonamides is 1. The Bertz CT molecular complexity index is 921. The molecule has 0 bridgehead atoms. The largest absolute Gasteiger partial charge is 0.497 e. The highest BCUT2D eigenvalue weighted by Crippen LogP contribution is 2.32. The summed E-state index contributed by atoms with van der Waals surface area (Å²) in [7, 11) is 0.604. The van der Waals surface area contributed by atoms with Crippen LogP contribution in [0, 0.1) is 0 Å². The van der Waals surface area contributed by atoms with E-state index in [1.54, 1.807) is 18.2 Å². The van der Waals surface area contributed by atoms with Crippen molar-refractivity contribution in [1.29, 1.82) is 0 Å². The SMILES string of the molecule is COc1ccc(OC)c(S(=O)(=O)N2CCCC(Oc3ccnc(OC)n3)C2)c1. The van der Waals surface area contributed by atoms with Gasteiger partial charge in [-0.2, -0.15) is 9.29 Å². The fraction of sp³-hybridized carbons (Fsp3) is 0.444. The van der Waals surface area contributed by atoms with E-state index in [-0.39, 0.29) is 29.3 Å². The van der Waals surface area contributed by atoms with Gasteiger partial charge in [0.25, 0.3) is 0 Å². The monoisotopic (exact) mass is 409 g/mol. The van der Waals surface area contributed by atoms with Crippen LogP contribution in [0.4, 0.5) is 0 Å². The van der Waals surface area contributed by atoms with E-state index in [4.69, 9.17) is 18.9 Å². The quantitative estimate of drug-likeness (QED) is 0.682. The van der Waals surface area contributed by atoms with E-state index >= 15 is 0 Å². The maximum atomic E-state index is 13.2. The summed E-state index contributed by atoms with van der Waals surface area (Å²) in [4.78, 5) is 8.12. The molecular formula is C18H23N3O6S. The van der Waals surface area contributed by atoms with Crippen molar-refractivity contribution in [2.24, 2.45) is 0 Å². The minimum absolute atomic E-state index is 0.0682. The van der Waals surface area contributed by atoms with Gasteiger partial charge in [-0.25, -0.2) is 13.4 Å². The molecule has 152 valence electrons. The Kier molecular flexibility index (Phi) is 6.20. The molecule has 1 aromatic heterocycles. The zero-order valence-electron chi connectivity index (χ0n) is 16.0. The number of hydrogen-bond donors (Lipinski definition) is 0. The molecule has 1 unspecified atom stereocenters. The number of rotatable bonds is 7. The Labute approximate surface area is 164 Å². The molecule has 1 atom stereocenters. The molecule has 0 N–H and O–H groups in total. The predicted octanol–water partition coefficient (Wildman–Crippen LogP) is 1.73. The Hall–Kier alpha value is -2.59. The van der Waals surface area contributed by atoms with E-state index < -0.39 is 10.0 Å².